The van der Waals surface area contributed by atoms with Gasteiger partial charge < -0.3 is 5.11 Å². The van der Waals surface area contributed by atoms with Crippen LogP contribution in [0.25, 0.3) is 10.8 Å². The highest BCUT2D eigenvalue weighted by molar-refractivity contribution is 6.04. The summed E-state index contributed by atoms with van der Waals surface area (Å²) in [4.78, 5) is 22.0. The quantitative estimate of drug-likeness (QED) is 0.745. The van der Waals surface area contributed by atoms with Gasteiger partial charge in [-0.2, -0.15) is 5.10 Å². The molecule has 5 heteroatoms. The van der Waals surface area contributed by atoms with Crippen molar-refractivity contribution in [1.29, 1.82) is 0 Å². The summed E-state index contributed by atoms with van der Waals surface area (Å²) in [6.07, 6.45) is 3.91. The summed E-state index contributed by atoms with van der Waals surface area (Å²) in [5, 5.41) is 14.9. The maximum absolute atomic E-state index is 11.3. The van der Waals surface area contributed by atoms with Crippen LogP contribution in [0.2, 0.25) is 0 Å². The number of aldehydes is 1. The fraction of sp³-hybridized carbons (Fsp3) is 0.0625. The fourth-order valence-corrected chi connectivity index (χ4v) is 2.39. The zero-order valence-electron chi connectivity index (χ0n) is 11.1. The fourth-order valence-electron chi connectivity index (χ4n) is 2.39. The molecule has 0 saturated heterocycles. The van der Waals surface area contributed by atoms with Gasteiger partial charge in [-0.25, -0.2) is 4.79 Å². The van der Waals surface area contributed by atoms with Gasteiger partial charge >= 0.3 is 5.97 Å². The minimum absolute atomic E-state index is 0.281. The highest BCUT2D eigenvalue weighted by atomic mass is 16.4. The van der Waals surface area contributed by atoms with E-state index in [1.165, 1.54) is 6.20 Å². The first kappa shape index (κ1) is 13.1. The van der Waals surface area contributed by atoms with Crippen molar-refractivity contribution in [1.82, 2.24) is 9.78 Å². The standard InChI is InChI=1S/C16H12N2O3/c19-10-11-7-17-18(8-11)9-12-5-6-15(16(20)21)14-4-2-1-3-13(12)14/h1-8,10H,9H2,(H,20,21). The van der Waals surface area contributed by atoms with Crippen LogP contribution < -0.4 is 0 Å². The Morgan fingerprint density at radius 3 is 2.62 bits per heavy atom. The Morgan fingerprint density at radius 2 is 1.95 bits per heavy atom. The molecule has 21 heavy (non-hydrogen) atoms. The van der Waals surface area contributed by atoms with Gasteiger partial charge in [0.05, 0.1) is 23.9 Å². The van der Waals surface area contributed by atoms with E-state index >= 15 is 0 Å². The van der Waals surface area contributed by atoms with Gasteiger partial charge in [-0.05, 0) is 22.4 Å². The van der Waals surface area contributed by atoms with Crippen LogP contribution in [0.1, 0.15) is 26.3 Å². The van der Waals surface area contributed by atoms with Crippen molar-refractivity contribution >= 4 is 23.0 Å². The van der Waals surface area contributed by atoms with Crippen LogP contribution in [0.3, 0.4) is 0 Å². The third kappa shape index (κ3) is 2.41. The van der Waals surface area contributed by atoms with Gasteiger partial charge in [-0.15, -0.1) is 0 Å². The number of hydrogen-bond acceptors (Lipinski definition) is 3. The van der Waals surface area contributed by atoms with E-state index in [1.807, 2.05) is 18.2 Å². The number of carboxylic acids is 1. The average molecular weight is 280 g/mol. The van der Waals surface area contributed by atoms with Gasteiger partial charge in [0.25, 0.3) is 0 Å². The number of fused-ring (bicyclic) bond motifs is 1. The Kier molecular flexibility index (Phi) is 3.23. The number of carbonyl (C=O) groups is 2. The molecule has 0 aliphatic heterocycles. The number of benzene rings is 2. The lowest BCUT2D eigenvalue weighted by Gasteiger charge is -2.09. The molecule has 3 rings (SSSR count). The molecular formula is C16H12N2O3. The maximum Gasteiger partial charge on any atom is 0.336 e. The van der Waals surface area contributed by atoms with Crippen molar-refractivity contribution in [2.75, 3.05) is 0 Å². The zero-order valence-corrected chi connectivity index (χ0v) is 11.1. The monoisotopic (exact) mass is 280 g/mol. The topological polar surface area (TPSA) is 72.2 Å². The van der Waals surface area contributed by atoms with Gasteiger partial charge in [0.1, 0.15) is 0 Å². The molecule has 0 atom stereocenters. The molecule has 0 aliphatic carbocycles. The highest BCUT2D eigenvalue weighted by Crippen LogP contribution is 2.23. The molecule has 0 saturated carbocycles. The molecule has 0 radical (unpaired) electrons. The predicted molar refractivity (Wildman–Crippen MR) is 77.6 cm³/mol. The van der Waals surface area contributed by atoms with Gasteiger partial charge in [-0.1, -0.05) is 30.3 Å². The van der Waals surface area contributed by atoms with Crippen molar-refractivity contribution in [3.05, 3.63) is 65.5 Å². The minimum Gasteiger partial charge on any atom is -0.478 e. The van der Waals surface area contributed by atoms with Crippen LogP contribution in [0, 0.1) is 0 Å². The molecule has 1 N–H and O–H groups in total. The van der Waals surface area contributed by atoms with E-state index in [0.717, 1.165) is 17.2 Å². The molecule has 1 heterocycles. The predicted octanol–water partition coefficient (Wildman–Crippen LogP) is 2.60. The van der Waals surface area contributed by atoms with Gasteiger partial charge in [0.2, 0.25) is 0 Å². The summed E-state index contributed by atoms with van der Waals surface area (Å²) in [5.41, 5.74) is 1.75. The molecular weight excluding hydrogens is 268 g/mol. The Balaban J connectivity index is 2.09. The molecule has 1 aromatic heterocycles. The molecule has 0 spiro atoms. The number of carbonyl (C=O) groups excluding carboxylic acids is 1. The Bertz CT molecular complexity index is 836. The number of nitrogens with zero attached hydrogens (tertiary/aromatic N) is 2. The molecule has 3 aromatic rings. The third-order valence-corrected chi connectivity index (χ3v) is 3.37. The number of aromatic nitrogens is 2. The highest BCUT2D eigenvalue weighted by Gasteiger charge is 2.11. The lowest BCUT2D eigenvalue weighted by molar-refractivity contribution is 0.0699. The average Bonchev–Trinajstić information content (AvgIpc) is 2.95. The number of rotatable bonds is 4. The largest absolute Gasteiger partial charge is 0.478 e. The van der Waals surface area contributed by atoms with Crippen molar-refractivity contribution in [2.24, 2.45) is 0 Å². The molecule has 2 aromatic carbocycles. The zero-order chi connectivity index (χ0) is 14.8. The van der Waals surface area contributed by atoms with E-state index in [-0.39, 0.29) is 5.56 Å². The molecule has 104 valence electrons. The second-order valence-corrected chi connectivity index (χ2v) is 4.71. The summed E-state index contributed by atoms with van der Waals surface area (Å²) in [6, 6.07) is 10.8. The molecule has 0 amide bonds. The summed E-state index contributed by atoms with van der Waals surface area (Å²) < 4.78 is 1.66. The van der Waals surface area contributed by atoms with E-state index < -0.39 is 5.97 Å². The summed E-state index contributed by atoms with van der Waals surface area (Å²) in [5.74, 6) is -0.944. The summed E-state index contributed by atoms with van der Waals surface area (Å²) >= 11 is 0. The van der Waals surface area contributed by atoms with Crippen molar-refractivity contribution in [3.8, 4) is 0 Å². The Hall–Kier alpha value is -2.95. The number of carboxylic acid groups (broad SMARTS) is 1. The number of aromatic carboxylic acids is 1. The lowest BCUT2D eigenvalue weighted by Crippen LogP contribution is -2.03. The van der Waals surface area contributed by atoms with Gasteiger partial charge in [0.15, 0.2) is 6.29 Å². The first-order chi connectivity index (χ1) is 10.2. The smallest absolute Gasteiger partial charge is 0.336 e. The first-order valence-corrected chi connectivity index (χ1v) is 6.40. The Labute approximate surface area is 120 Å². The van der Waals surface area contributed by atoms with E-state index in [0.29, 0.717) is 17.5 Å². The van der Waals surface area contributed by atoms with Crippen molar-refractivity contribution < 1.29 is 14.7 Å². The van der Waals surface area contributed by atoms with Crippen LogP contribution >= 0.6 is 0 Å². The van der Waals surface area contributed by atoms with E-state index in [1.54, 1.807) is 29.1 Å². The van der Waals surface area contributed by atoms with Crippen molar-refractivity contribution in [3.63, 3.8) is 0 Å². The van der Waals surface area contributed by atoms with E-state index in [4.69, 9.17) is 0 Å². The van der Waals surface area contributed by atoms with E-state index in [2.05, 4.69) is 5.10 Å². The van der Waals surface area contributed by atoms with Crippen LogP contribution in [-0.2, 0) is 6.54 Å². The Morgan fingerprint density at radius 1 is 1.19 bits per heavy atom. The number of hydrogen-bond donors (Lipinski definition) is 1. The van der Waals surface area contributed by atoms with Crippen LogP contribution in [-0.4, -0.2) is 27.1 Å². The van der Waals surface area contributed by atoms with Crippen LogP contribution in [0.5, 0.6) is 0 Å². The second-order valence-electron chi connectivity index (χ2n) is 4.71. The van der Waals surface area contributed by atoms with Crippen LogP contribution in [0.15, 0.2) is 48.8 Å². The SMILES string of the molecule is O=Cc1cnn(Cc2ccc(C(=O)O)c3ccccc23)c1. The van der Waals surface area contributed by atoms with Crippen molar-refractivity contribution in [2.45, 2.75) is 6.54 Å². The van der Waals surface area contributed by atoms with Gasteiger partial charge in [0, 0.05) is 6.20 Å². The van der Waals surface area contributed by atoms with Gasteiger partial charge in [-0.3, -0.25) is 9.48 Å². The van der Waals surface area contributed by atoms with Crippen LogP contribution in [0.4, 0.5) is 0 Å². The normalized spacial score (nSPS) is 10.7. The molecule has 0 fully saturated rings. The maximum atomic E-state index is 11.3. The molecule has 0 aliphatic rings. The molecule has 0 bridgehead atoms. The summed E-state index contributed by atoms with van der Waals surface area (Å²) in [6.45, 7) is 0.480. The molecule has 5 nitrogen and oxygen atoms in total. The summed E-state index contributed by atoms with van der Waals surface area (Å²) in [7, 11) is 0. The lowest BCUT2D eigenvalue weighted by atomic mass is 9.99. The second kappa shape index (κ2) is 5.20. The minimum atomic E-state index is -0.944. The van der Waals surface area contributed by atoms with E-state index in [9.17, 15) is 14.7 Å². The first-order valence-electron chi connectivity index (χ1n) is 6.40. The third-order valence-electron chi connectivity index (χ3n) is 3.37. The molecule has 0 unspecified atom stereocenters.